The maximum absolute atomic E-state index is 10.2. The molecule has 0 heterocycles. The molecule has 0 spiro atoms. The highest BCUT2D eigenvalue weighted by molar-refractivity contribution is 4.84. The first-order valence-corrected chi connectivity index (χ1v) is 5.27. The highest BCUT2D eigenvalue weighted by Gasteiger charge is 2.29. The van der Waals surface area contributed by atoms with Gasteiger partial charge in [0.1, 0.15) is 0 Å². The number of aliphatic hydroxyl groups is 1. The second kappa shape index (κ2) is 4.94. The van der Waals surface area contributed by atoms with Crippen LogP contribution < -0.4 is 5.73 Å². The van der Waals surface area contributed by atoms with E-state index in [9.17, 15) is 5.11 Å². The van der Waals surface area contributed by atoms with Crippen molar-refractivity contribution in [3.63, 3.8) is 0 Å². The fourth-order valence-corrected chi connectivity index (χ4v) is 2.17. The highest BCUT2D eigenvalue weighted by atomic mass is 16.3. The molecule has 0 aliphatic heterocycles. The minimum Gasteiger partial charge on any atom is -0.389 e. The molecule has 1 aliphatic carbocycles. The average Bonchev–Trinajstić information content (AvgIpc) is 2.04. The number of hydrogen-bond acceptors (Lipinski definition) is 3. The number of nitrogens with two attached hydrogens (primary N) is 1. The van der Waals surface area contributed by atoms with Crippen molar-refractivity contribution in [2.75, 3.05) is 26.7 Å². The third-order valence-electron chi connectivity index (χ3n) is 2.86. The van der Waals surface area contributed by atoms with Crippen molar-refractivity contribution in [3.05, 3.63) is 0 Å². The van der Waals surface area contributed by atoms with Gasteiger partial charge in [0.25, 0.3) is 0 Å². The summed E-state index contributed by atoms with van der Waals surface area (Å²) in [4.78, 5) is 2.13. The number of hydrogen-bond donors (Lipinski definition) is 2. The van der Waals surface area contributed by atoms with Crippen molar-refractivity contribution in [1.29, 1.82) is 0 Å². The zero-order valence-corrected chi connectivity index (χ0v) is 8.63. The van der Waals surface area contributed by atoms with E-state index in [1.54, 1.807) is 0 Å². The van der Waals surface area contributed by atoms with Crippen molar-refractivity contribution < 1.29 is 5.11 Å². The molecule has 0 atom stereocenters. The Morgan fingerprint density at radius 2 is 1.92 bits per heavy atom. The van der Waals surface area contributed by atoms with E-state index in [1.165, 1.54) is 19.3 Å². The van der Waals surface area contributed by atoms with Gasteiger partial charge in [0.15, 0.2) is 0 Å². The minimum absolute atomic E-state index is 0.428. The lowest BCUT2D eigenvalue weighted by Gasteiger charge is -2.35. The Kier molecular flexibility index (Phi) is 4.16. The first-order valence-electron chi connectivity index (χ1n) is 5.27. The molecule has 3 N–H and O–H groups in total. The Morgan fingerprint density at radius 1 is 1.31 bits per heavy atom. The average molecular weight is 186 g/mol. The molecule has 3 nitrogen and oxygen atoms in total. The maximum atomic E-state index is 10.2. The molecule has 13 heavy (non-hydrogen) atoms. The molecule has 0 radical (unpaired) electrons. The van der Waals surface area contributed by atoms with Crippen LogP contribution in [0.1, 0.15) is 32.1 Å². The fraction of sp³-hybridized carbons (Fsp3) is 1.00. The van der Waals surface area contributed by atoms with E-state index in [1.807, 2.05) is 7.05 Å². The normalized spacial score (nSPS) is 22.2. The van der Waals surface area contributed by atoms with E-state index in [-0.39, 0.29) is 0 Å². The van der Waals surface area contributed by atoms with Crippen LogP contribution in [-0.2, 0) is 0 Å². The van der Waals surface area contributed by atoms with E-state index in [4.69, 9.17) is 5.73 Å². The Morgan fingerprint density at radius 3 is 2.46 bits per heavy atom. The number of likely N-dealkylation sites (N-methyl/N-ethyl adjacent to an activating group) is 1. The number of nitrogens with zero attached hydrogens (tertiary/aromatic N) is 1. The van der Waals surface area contributed by atoms with Gasteiger partial charge in [0.2, 0.25) is 0 Å². The summed E-state index contributed by atoms with van der Waals surface area (Å²) in [7, 11) is 2.03. The van der Waals surface area contributed by atoms with E-state index in [2.05, 4.69) is 4.90 Å². The van der Waals surface area contributed by atoms with Gasteiger partial charge in [-0.15, -0.1) is 0 Å². The van der Waals surface area contributed by atoms with Crippen molar-refractivity contribution in [2.24, 2.45) is 5.73 Å². The summed E-state index contributed by atoms with van der Waals surface area (Å²) in [5.74, 6) is 0. The third-order valence-corrected chi connectivity index (χ3v) is 2.86. The summed E-state index contributed by atoms with van der Waals surface area (Å²) in [6.45, 7) is 2.33. The molecule has 0 saturated heterocycles. The van der Waals surface area contributed by atoms with Gasteiger partial charge in [0.05, 0.1) is 5.60 Å². The summed E-state index contributed by atoms with van der Waals surface area (Å²) in [6, 6.07) is 0. The van der Waals surface area contributed by atoms with Gasteiger partial charge in [-0.2, -0.15) is 0 Å². The van der Waals surface area contributed by atoms with E-state index in [0.717, 1.165) is 25.9 Å². The Balaban J connectivity index is 2.31. The molecule has 1 aliphatic rings. The zero-order valence-electron chi connectivity index (χ0n) is 8.63. The minimum atomic E-state index is -0.428. The van der Waals surface area contributed by atoms with Crippen LogP contribution in [0.5, 0.6) is 0 Å². The monoisotopic (exact) mass is 186 g/mol. The lowest BCUT2D eigenvalue weighted by Crippen LogP contribution is -2.44. The van der Waals surface area contributed by atoms with Crippen molar-refractivity contribution in [3.8, 4) is 0 Å². The molecule has 1 fully saturated rings. The molecule has 0 bridgehead atoms. The molecular weight excluding hydrogens is 164 g/mol. The molecule has 0 aromatic heterocycles. The van der Waals surface area contributed by atoms with Crippen LogP contribution in [0.15, 0.2) is 0 Å². The maximum Gasteiger partial charge on any atom is 0.0774 e. The smallest absolute Gasteiger partial charge is 0.0774 e. The van der Waals surface area contributed by atoms with Crippen LogP contribution >= 0.6 is 0 Å². The van der Waals surface area contributed by atoms with Gasteiger partial charge < -0.3 is 15.7 Å². The first kappa shape index (κ1) is 11.0. The predicted octanol–water partition coefficient (Wildman–Crippen LogP) is 0.572. The Bertz CT molecular complexity index is 144. The fourth-order valence-electron chi connectivity index (χ4n) is 2.17. The zero-order chi connectivity index (χ0) is 9.73. The summed E-state index contributed by atoms with van der Waals surface area (Å²) in [5.41, 5.74) is 5.03. The highest BCUT2D eigenvalue weighted by Crippen LogP contribution is 2.28. The second-order valence-corrected chi connectivity index (χ2v) is 4.31. The van der Waals surface area contributed by atoms with Gasteiger partial charge in [-0.3, -0.25) is 0 Å². The van der Waals surface area contributed by atoms with Gasteiger partial charge in [-0.1, -0.05) is 19.3 Å². The Labute approximate surface area is 80.9 Å². The van der Waals surface area contributed by atoms with E-state index < -0.39 is 5.60 Å². The SMILES string of the molecule is CN(CCN)CC1(O)CCCCC1. The van der Waals surface area contributed by atoms with Crippen molar-refractivity contribution in [2.45, 2.75) is 37.7 Å². The van der Waals surface area contributed by atoms with Gasteiger partial charge in [0, 0.05) is 19.6 Å². The first-order chi connectivity index (χ1) is 6.16. The molecule has 3 heteroatoms. The third kappa shape index (κ3) is 3.63. The summed E-state index contributed by atoms with van der Waals surface area (Å²) < 4.78 is 0. The number of rotatable bonds is 4. The van der Waals surface area contributed by atoms with Crippen LogP contribution in [0.3, 0.4) is 0 Å². The van der Waals surface area contributed by atoms with Crippen molar-refractivity contribution in [1.82, 2.24) is 4.90 Å². The van der Waals surface area contributed by atoms with Crippen LogP contribution in [-0.4, -0.2) is 42.3 Å². The summed E-state index contributed by atoms with van der Waals surface area (Å²) in [5, 5.41) is 10.2. The van der Waals surface area contributed by atoms with Crippen LogP contribution in [0, 0.1) is 0 Å². The predicted molar refractivity (Wildman–Crippen MR) is 54.6 cm³/mol. The standard InChI is InChI=1S/C10H22N2O/c1-12(8-7-11)9-10(13)5-3-2-4-6-10/h13H,2-9,11H2,1H3. The van der Waals surface area contributed by atoms with Crippen LogP contribution in [0.2, 0.25) is 0 Å². The molecule has 1 rings (SSSR count). The van der Waals surface area contributed by atoms with Gasteiger partial charge >= 0.3 is 0 Å². The van der Waals surface area contributed by atoms with Gasteiger partial charge in [-0.25, -0.2) is 0 Å². The molecule has 78 valence electrons. The van der Waals surface area contributed by atoms with Crippen molar-refractivity contribution >= 4 is 0 Å². The molecule has 0 aromatic carbocycles. The lowest BCUT2D eigenvalue weighted by atomic mass is 9.84. The molecule has 0 amide bonds. The molecular formula is C10H22N2O. The quantitative estimate of drug-likeness (QED) is 0.675. The van der Waals surface area contributed by atoms with Crippen LogP contribution in [0.4, 0.5) is 0 Å². The largest absolute Gasteiger partial charge is 0.389 e. The molecule has 0 aromatic rings. The summed E-state index contributed by atoms with van der Waals surface area (Å²) >= 11 is 0. The van der Waals surface area contributed by atoms with E-state index >= 15 is 0 Å². The van der Waals surface area contributed by atoms with Gasteiger partial charge in [-0.05, 0) is 19.9 Å². The van der Waals surface area contributed by atoms with E-state index in [0.29, 0.717) is 6.54 Å². The Hall–Kier alpha value is -0.120. The topological polar surface area (TPSA) is 49.5 Å². The molecule has 0 unspecified atom stereocenters. The second-order valence-electron chi connectivity index (χ2n) is 4.31. The summed E-state index contributed by atoms with van der Waals surface area (Å²) in [6.07, 6.45) is 5.55. The molecule has 1 saturated carbocycles. The lowest BCUT2D eigenvalue weighted by molar-refractivity contribution is -0.0202. The van der Waals surface area contributed by atoms with Crippen LogP contribution in [0.25, 0.3) is 0 Å².